The summed E-state index contributed by atoms with van der Waals surface area (Å²) >= 11 is 0. The summed E-state index contributed by atoms with van der Waals surface area (Å²) in [5.41, 5.74) is 0. The third-order valence-electron chi connectivity index (χ3n) is 2.80. The number of rotatable bonds is 1. The van der Waals surface area contributed by atoms with Crippen LogP contribution in [0.4, 0.5) is 0 Å². The van der Waals surface area contributed by atoms with Crippen LogP contribution in [0.2, 0.25) is 0 Å². The van der Waals surface area contributed by atoms with Gasteiger partial charge in [0, 0.05) is 12.1 Å². The van der Waals surface area contributed by atoms with Crippen molar-refractivity contribution in [2.24, 2.45) is 5.92 Å². The van der Waals surface area contributed by atoms with Gasteiger partial charge in [-0.05, 0) is 19.3 Å². The van der Waals surface area contributed by atoms with E-state index in [9.17, 15) is 4.79 Å². The second-order valence-corrected chi connectivity index (χ2v) is 3.41. The Bertz CT molecular complexity index is 181. The lowest BCUT2D eigenvalue weighted by atomic mass is 9.89. The zero-order chi connectivity index (χ0) is 7.84. The summed E-state index contributed by atoms with van der Waals surface area (Å²) < 4.78 is 4.71. The Balaban J connectivity index is 2.02. The van der Waals surface area contributed by atoms with E-state index < -0.39 is 0 Å². The van der Waals surface area contributed by atoms with Gasteiger partial charge in [0.15, 0.2) is 0 Å². The summed E-state index contributed by atoms with van der Waals surface area (Å²) in [5, 5.41) is 3.39. The van der Waals surface area contributed by atoms with Crippen molar-refractivity contribution in [1.29, 1.82) is 0 Å². The summed E-state index contributed by atoms with van der Waals surface area (Å²) in [7, 11) is 1.47. The Hall–Kier alpha value is -0.570. The van der Waals surface area contributed by atoms with Crippen molar-refractivity contribution in [2.75, 3.05) is 7.11 Å². The molecule has 2 aliphatic rings. The first-order chi connectivity index (χ1) is 5.31. The largest absolute Gasteiger partial charge is 0.469 e. The highest BCUT2D eigenvalue weighted by atomic mass is 16.5. The monoisotopic (exact) mass is 155 g/mol. The molecule has 0 unspecified atom stereocenters. The lowest BCUT2D eigenvalue weighted by molar-refractivity contribution is -0.146. The highest BCUT2D eigenvalue weighted by molar-refractivity contribution is 5.74. The molecule has 2 aliphatic heterocycles. The van der Waals surface area contributed by atoms with E-state index in [4.69, 9.17) is 4.74 Å². The molecule has 0 aromatic rings. The van der Waals surface area contributed by atoms with Crippen molar-refractivity contribution in [2.45, 2.75) is 31.3 Å². The predicted octanol–water partition coefficient (Wildman–Crippen LogP) is 0.300. The molecule has 62 valence electrons. The minimum absolute atomic E-state index is 0.0373. The molecule has 2 bridgehead atoms. The molecule has 11 heavy (non-hydrogen) atoms. The third kappa shape index (κ3) is 1.03. The zero-order valence-electron chi connectivity index (χ0n) is 6.67. The quantitative estimate of drug-likeness (QED) is 0.553. The number of fused-ring (bicyclic) bond motifs is 2. The van der Waals surface area contributed by atoms with Crippen LogP contribution in [0.1, 0.15) is 19.3 Å². The first kappa shape index (κ1) is 7.10. The minimum atomic E-state index is -0.0373. The summed E-state index contributed by atoms with van der Waals surface area (Å²) in [4.78, 5) is 11.1. The van der Waals surface area contributed by atoms with Gasteiger partial charge in [0.25, 0.3) is 0 Å². The van der Waals surface area contributed by atoms with Crippen LogP contribution in [-0.2, 0) is 9.53 Å². The second-order valence-electron chi connectivity index (χ2n) is 3.41. The molecular weight excluding hydrogens is 142 g/mol. The van der Waals surface area contributed by atoms with Gasteiger partial charge >= 0.3 is 5.97 Å². The Morgan fingerprint density at radius 2 is 2.36 bits per heavy atom. The second kappa shape index (κ2) is 2.48. The molecule has 2 heterocycles. The summed E-state index contributed by atoms with van der Waals surface area (Å²) in [6.07, 6.45) is 3.36. The molecule has 2 saturated heterocycles. The van der Waals surface area contributed by atoms with Gasteiger partial charge in [0.05, 0.1) is 13.0 Å². The van der Waals surface area contributed by atoms with Gasteiger partial charge in [-0.1, -0.05) is 0 Å². The topological polar surface area (TPSA) is 38.3 Å². The molecule has 0 radical (unpaired) electrons. The fourth-order valence-electron chi connectivity index (χ4n) is 2.24. The molecule has 2 rings (SSSR count). The lowest BCUT2D eigenvalue weighted by Gasteiger charge is -2.16. The van der Waals surface area contributed by atoms with Gasteiger partial charge in [-0.25, -0.2) is 0 Å². The average Bonchev–Trinajstić information content (AvgIpc) is 2.62. The molecule has 3 nitrogen and oxygen atoms in total. The molecule has 0 aromatic carbocycles. The van der Waals surface area contributed by atoms with E-state index in [-0.39, 0.29) is 11.9 Å². The van der Waals surface area contributed by atoms with Crippen molar-refractivity contribution >= 4 is 5.97 Å². The van der Waals surface area contributed by atoms with Gasteiger partial charge in [-0.15, -0.1) is 0 Å². The Labute approximate surface area is 66.1 Å². The van der Waals surface area contributed by atoms with Crippen molar-refractivity contribution in [3.63, 3.8) is 0 Å². The summed E-state index contributed by atoms with van der Waals surface area (Å²) in [6, 6.07) is 0.997. The fraction of sp³-hybridized carbons (Fsp3) is 0.875. The van der Waals surface area contributed by atoms with Crippen LogP contribution in [-0.4, -0.2) is 25.2 Å². The lowest BCUT2D eigenvalue weighted by Crippen LogP contribution is -2.29. The minimum Gasteiger partial charge on any atom is -0.469 e. The standard InChI is InChI=1S/C8H13NO2/c1-11-8(10)6-4-5-2-3-7(6)9-5/h5-7,9H,2-4H2,1H3/t5-,6+,7+/m1/s1. The predicted molar refractivity (Wildman–Crippen MR) is 40.1 cm³/mol. The fourth-order valence-corrected chi connectivity index (χ4v) is 2.24. The molecule has 0 amide bonds. The maximum atomic E-state index is 11.1. The Morgan fingerprint density at radius 3 is 2.82 bits per heavy atom. The summed E-state index contributed by atoms with van der Waals surface area (Å²) in [5.74, 6) is 0.100. The highest BCUT2D eigenvalue weighted by Gasteiger charge is 2.43. The normalized spacial score (nSPS) is 41.0. The van der Waals surface area contributed by atoms with E-state index in [1.165, 1.54) is 13.5 Å². The van der Waals surface area contributed by atoms with E-state index in [2.05, 4.69) is 5.32 Å². The van der Waals surface area contributed by atoms with Gasteiger partial charge in [0.2, 0.25) is 0 Å². The Kier molecular flexibility index (Phi) is 1.60. The number of esters is 1. The van der Waals surface area contributed by atoms with E-state index in [1.807, 2.05) is 0 Å². The van der Waals surface area contributed by atoms with Crippen LogP contribution in [0, 0.1) is 5.92 Å². The molecule has 1 N–H and O–H groups in total. The SMILES string of the molecule is COC(=O)[C@H]1C[C@H]2CC[C@@H]1N2. The van der Waals surface area contributed by atoms with E-state index in [0.717, 1.165) is 12.8 Å². The number of hydrogen-bond acceptors (Lipinski definition) is 3. The number of ether oxygens (including phenoxy) is 1. The molecule has 0 aromatic heterocycles. The first-order valence-electron chi connectivity index (χ1n) is 4.15. The van der Waals surface area contributed by atoms with Gasteiger partial charge < -0.3 is 10.1 Å². The molecule has 3 atom stereocenters. The number of carbonyl (C=O) groups is 1. The molecule has 3 heteroatoms. The van der Waals surface area contributed by atoms with Crippen molar-refractivity contribution in [1.82, 2.24) is 5.32 Å². The highest BCUT2D eigenvalue weighted by Crippen LogP contribution is 2.33. The number of methoxy groups -OCH3 is 1. The van der Waals surface area contributed by atoms with Crippen LogP contribution in [0.3, 0.4) is 0 Å². The average molecular weight is 155 g/mol. The zero-order valence-corrected chi connectivity index (χ0v) is 6.67. The third-order valence-corrected chi connectivity index (χ3v) is 2.80. The van der Waals surface area contributed by atoms with Crippen molar-refractivity contribution in [3.05, 3.63) is 0 Å². The smallest absolute Gasteiger partial charge is 0.310 e. The first-order valence-corrected chi connectivity index (χ1v) is 4.15. The number of carbonyl (C=O) groups excluding carboxylic acids is 1. The van der Waals surface area contributed by atoms with Crippen LogP contribution in [0.15, 0.2) is 0 Å². The maximum Gasteiger partial charge on any atom is 0.310 e. The molecule has 0 aliphatic carbocycles. The van der Waals surface area contributed by atoms with Crippen LogP contribution < -0.4 is 5.32 Å². The molecule has 2 fully saturated rings. The van der Waals surface area contributed by atoms with Crippen LogP contribution in [0.5, 0.6) is 0 Å². The molecule has 0 spiro atoms. The molecular formula is C8H13NO2. The van der Waals surface area contributed by atoms with Gasteiger partial charge in [0.1, 0.15) is 0 Å². The number of hydrogen-bond donors (Lipinski definition) is 1. The maximum absolute atomic E-state index is 11.1. The number of nitrogens with one attached hydrogen (secondary N) is 1. The van der Waals surface area contributed by atoms with Crippen LogP contribution >= 0.6 is 0 Å². The van der Waals surface area contributed by atoms with E-state index >= 15 is 0 Å². The van der Waals surface area contributed by atoms with Gasteiger partial charge in [-0.3, -0.25) is 4.79 Å². The van der Waals surface area contributed by atoms with Crippen molar-refractivity contribution in [3.8, 4) is 0 Å². The van der Waals surface area contributed by atoms with Crippen LogP contribution in [0.25, 0.3) is 0 Å². The van der Waals surface area contributed by atoms with Gasteiger partial charge in [-0.2, -0.15) is 0 Å². The Morgan fingerprint density at radius 1 is 1.55 bits per heavy atom. The van der Waals surface area contributed by atoms with Crippen molar-refractivity contribution < 1.29 is 9.53 Å². The molecule has 0 saturated carbocycles. The summed E-state index contributed by atoms with van der Waals surface area (Å²) in [6.45, 7) is 0. The van der Waals surface area contributed by atoms with E-state index in [0.29, 0.717) is 12.1 Å². The van der Waals surface area contributed by atoms with E-state index in [1.54, 1.807) is 0 Å².